The lowest BCUT2D eigenvalue weighted by molar-refractivity contribution is 0.659. The minimum atomic E-state index is 0.739. The maximum absolute atomic E-state index is 5.73. The molecule has 0 aliphatic carbocycles. The molecular formula is C13H16N6. The lowest BCUT2D eigenvalue weighted by atomic mass is 10.3. The summed E-state index contributed by atoms with van der Waals surface area (Å²) >= 11 is 0. The van der Waals surface area contributed by atoms with E-state index in [2.05, 4.69) is 24.8 Å². The largest absolute Gasteiger partial charge is 0.399 e. The number of anilines is 2. The van der Waals surface area contributed by atoms with Gasteiger partial charge in [-0.1, -0.05) is 0 Å². The first-order chi connectivity index (χ1) is 9.31. The smallest absolute Gasteiger partial charge is 0.201 e. The van der Waals surface area contributed by atoms with Crippen LogP contribution < -0.4 is 11.1 Å². The van der Waals surface area contributed by atoms with Crippen LogP contribution >= 0.6 is 0 Å². The predicted molar refractivity (Wildman–Crippen MR) is 75.8 cm³/mol. The number of nitrogens with one attached hydrogen (secondary N) is 2. The number of benzene rings is 1. The maximum Gasteiger partial charge on any atom is 0.201 e. The van der Waals surface area contributed by atoms with Crippen LogP contribution in [0.15, 0.2) is 36.9 Å². The Bertz CT molecular complexity index is 655. The number of hydrogen-bond donors (Lipinski definition) is 3. The highest BCUT2D eigenvalue weighted by Gasteiger charge is 2.02. The summed E-state index contributed by atoms with van der Waals surface area (Å²) in [6, 6.07) is 5.66. The number of imidazole rings is 2. The first-order valence-corrected chi connectivity index (χ1v) is 6.26. The van der Waals surface area contributed by atoms with Gasteiger partial charge in [-0.25, -0.2) is 9.97 Å². The number of hydrogen-bond acceptors (Lipinski definition) is 4. The second-order valence-electron chi connectivity index (χ2n) is 4.44. The summed E-state index contributed by atoms with van der Waals surface area (Å²) < 4.78 is 2.06. The molecule has 2 heterocycles. The quantitative estimate of drug-likeness (QED) is 0.480. The molecule has 98 valence electrons. The third-order valence-corrected chi connectivity index (χ3v) is 2.95. The van der Waals surface area contributed by atoms with Crippen LogP contribution in [0.5, 0.6) is 0 Å². The van der Waals surface area contributed by atoms with Gasteiger partial charge in [0, 0.05) is 31.2 Å². The first-order valence-electron chi connectivity index (χ1n) is 6.26. The number of rotatable bonds is 5. The molecule has 3 rings (SSSR count). The standard InChI is InChI=1S/C13H16N6/c14-10-2-3-11-12(8-10)18-13(17-11)16-4-1-6-19-7-5-15-9-19/h2-3,5,7-9H,1,4,6,14H2,(H2,16,17,18). The van der Waals surface area contributed by atoms with Gasteiger partial charge in [0.25, 0.3) is 0 Å². The zero-order valence-corrected chi connectivity index (χ0v) is 10.5. The van der Waals surface area contributed by atoms with Gasteiger partial charge in [0.2, 0.25) is 5.95 Å². The predicted octanol–water partition coefficient (Wildman–Crippen LogP) is 1.84. The van der Waals surface area contributed by atoms with Crippen LogP contribution in [0.4, 0.5) is 11.6 Å². The minimum absolute atomic E-state index is 0.739. The number of nitrogens with two attached hydrogens (primary N) is 1. The van der Waals surface area contributed by atoms with Gasteiger partial charge in [-0.3, -0.25) is 0 Å². The summed E-state index contributed by atoms with van der Waals surface area (Å²) in [5.74, 6) is 0.784. The molecule has 0 saturated heterocycles. The fraction of sp³-hybridized carbons (Fsp3) is 0.231. The Labute approximate surface area is 110 Å². The van der Waals surface area contributed by atoms with Crippen molar-refractivity contribution < 1.29 is 0 Å². The number of aromatic nitrogens is 4. The van der Waals surface area contributed by atoms with E-state index in [1.54, 1.807) is 6.20 Å². The van der Waals surface area contributed by atoms with Gasteiger partial charge in [-0.2, -0.15) is 0 Å². The molecule has 6 nitrogen and oxygen atoms in total. The topological polar surface area (TPSA) is 84.5 Å². The molecule has 0 unspecified atom stereocenters. The van der Waals surface area contributed by atoms with E-state index in [1.807, 2.05) is 30.7 Å². The molecule has 0 saturated carbocycles. The molecule has 19 heavy (non-hydrogen) atoms. The Morgan fingerprint density at radius 1 is 1.37 bits per heavy atom. The molecule has 4 N–H and O–H groups in total. The highest BCUT2D eigenvalue weighted by Crippen LogP contribution is 2.16. The molecule has 0 fully saturated rings. The third kappa shape index (κ3) is 2.67. The minimum Gasteiger partial charge on any atom is -0.399 e. The summed E-state index contributed by atoms with van der Waals surface area (Å²) in [6.45, 7) is 1.80. The van der Waals surface area contributed by atoms with Crippen molar-refractivity contribution >= 4 is 22.7 Å². The zero-order chi connectivity index (χ0) is 13.1. The van der Waals surface area contributed by atoms with E-state index in [-0.39, 0.29) is 0 Å². The molecule has 0 aliphatic rings. The van der Waals surface area contributed by atoms with Crippen LogP contribution in [0.1, 0.15) is 6.42 Å². The molecule has 6 heteroatoms. The second kappa shape index (κ2) is 5.01. The molecule has 0 amide bonds. The fourth-order valence-corrected chi connectivity index (χ4v) is 2.00. The van der Waals surface area contributed by atoms with E-state index in [0.717, 1.165) is 42.2 Å². The van der Waals surface area contributed by atoms with Crippen LogP contribution in [-0.2, 0) is 6.54 Å². The maximum atomic E-state index is 5.73. The van der Waals surface area contributed by atoms with Crippen molar-refractivity contribution in [3.8, 4) is 0 Å². The van der Waals surface area contributed by atoms with Crippen molar-refractivity contribution in [1.82, 2.24) is 19.5 Å². The van der Waals surface area contributed by atoms with E-state index in [9.17, 15) is 0 Å². The Balaban J connectivity index is 1.56. The SMILES string of the molecule is Nc1ccc2nc(NCCCn3ccnc3)[nH]c2c1. The van der Waals surface area contributed by atoms with Gasteiger partial charge in [0.05, 0.1) is 17.4 Å². The Morgan fingerprint density at radius 2 is 2.32 bits per heavy atom. The monoisotopic (exact) mass is 256 g/mol. The van der Waals surface area contributed by atoms with Crippen LogP contribution in [0.25, 0.3) is 11.0 Å². The van der Waals surface area contributed by atoms with Crippen molar-refractivity contribution in [1.29, 1.82) is 0 Å². The van der Waals surface area contributed by atoms with Gasteiger partial charge >= 0.3 is 0 Å². The average molecular weight is 256 g/mol. The van der Waals surface area contributed by atoms with Crippen molar-refractivity contribution in [2.24, 2.45) is 0 Å². The Kier molecular flexibility index (Phi) is 3.06. The zero-order valence-electron chi connectivity index (χ0n) is 10.5. The highest BCUT2D eigenvalue weighted by molar-refractivity contribution is 5.80. The molecule has 2 aromatic heterocycles. The number of nitrogen functional groups attached to an aromatic ring is 1. The number of aromatic amines is 1. The molecule has 0 spiro atoms. The van der Waals surface area contributed by atoms with Gasteiger partial charge in [-0.15, -0.1) is 0 Å². The molecule has 1 aromatic carbocycles. The molecule has 0 aliphatic heterocycles. The molecule has 0 radical (unpaired) electrons. The van der Waals surface area contributed by atoms with Crippen molar-refractivity contribution in [3.05, 3.63) is 36.9 Å². The summed E-state index contributed by atoms with van der Waals surface area (Å²) in [5.41, 5.74) is 8.35. The van der Waals surface area contributed by atoms with Crippen molar-refractivity contribution in [2.75, 3.05) is 17.6 Å². The van der Waals surface area contributed by atoms with E-state index in [1.165, 1.54) is 0 Å². The van der Waals surface area contributed by atoms with Gasteiger partial charge in [-0.05, 0) is 24.6 Å². The fourth-order valence-electron chi connectivity index (χ4n) is 2.00. The van der Waals surface area contributed by atoms with Crippen LogP contribution in [-0.4, -0.2) is 26.1 Å². The average Bonchev–Trinajstić information content (AvgIpc) is 3.02. The van der Waals surface area contributed by atoms with Crippen LogP contribution in [0.2, 0.25) is 0 Å². The van der Waals surface area contributed by atoms with Crippen molar-refractivity contribution in [2.45, 2.75) is 13.0 Å². The second-order valence-corrected chi connectivity index (χ2v) is 4.44. The van der Waals surface area contributed by atoms with Crippen LogP contribution in [0.3, 0.4) is 0 Å². The lowest BCUT2D eigenvalue weighted by Crippen LogP contribution is -2.06. The number of aryl methyl sites for hydroxylation is 1. The molecule has 0 atom stereocenters. The third-order valence-electron chi connectivity index (χ3n) is 2.95. The summed E-state index contributed by atoms with van der Waals surface area (Å²) in [5, 5.41) is 3.27. The number of nitrogens with zero attached hydrogens (tertiary/aromatic N) is 3. The summed E-state index contributed by atoms with van der Waals surface area (Å²) in [6.07, 6.45) is 6.58. The van der Waals surface area contributed by atoms with E-state index < -0.39 is 0 Å². The van der Waals surface area contributed by atoms with E-state index in [0.29, 0.717) is 0 Å². The normalized spacial score (nSPS) is 10.9. The highest BCUT2D eigenvalue weighted by atomic mass is 15.1. The number of H-pyrrole nitrogens is 1. The summed E-state index contributed by atoms with van der Waals surface area (Å²) in [7, 11) is 0. The van der Waals surface area contributed by atoms with E-state index in [4.69, 9.17) is 5.73 Å². The van der Waals surface area contributed by atoms with Crippen LogP contribution in [0, 0.1) is 0 Å². The first kappa shape index (κ1) is 11.6. The van der Waals surface area contributed by atoms with Gasteiger partial charge in [0.15, 0.2) is 0 Å². The lowest BCUT2D eigenvalue weighted by Gasteiger charge is -2.03. The number of fused-ring (bicyclic) bond motifs is 1. The van der Waals surface area contributed by atoms with Gasteiger partial charge < -0.3 is 20.6 Å². The van der Waals surface area contributed by atoms with Crippen molar-refractivity contribution in [3.63, 3.8) is 0 Å². The molecular weight excluding hydrogens is 240 g/mol. The molecule has 3 aromatic rings. The van der Waals surface area contributed by atoms with Gasteiger partial charge in [0.1, 0.15) is 0 Å². The summed E-state index contributed by atoms with van der Waals surface area (Å²) in [4.78, 5) is 11.7. The Morgan fingerprint density at radius 3 is 3.16 bits per heavy atom. The Hall–Kier alpha value is -2.50. The van der Waals surface area contributed by atoms with E-state index >= 15 is 0 Å². The molecule has 0 bridgehead atoms.